The minimum absolute atomic E-state index is 0.00581. The van der Waals surface area contributed by atoms with E-state index in [-0.39, 0.29) is 23.3 Å². The van der Waals surface area contributed by atoms with Crippen LogP contribution in [0.3, 0.4) is 0 Å². The van der Waals surface area contributed by atoms with Crippen LogP contribution in [0.2, 0.25) is 0 Å². The molecule has 2 aliphatic heterocycles. The zero-order valence-electron chi connectivity index (χ0n) is 9.78. The fourth-order valence-electron chi connectivity index (χ4n) is 2.21. The van der Waals surface area contributed by atoms with Gasteiger partial charge in [0, 0.05) is 18.9 Å². The summed E-state index contributed by atoms with van der Waals surface area (Å²) in [6.07, 6.45) is 1.07. The van der Waals surface area contributed by atoms with Crippen molar-refractivity contribution in [3.8, 4) is 0 Å². The highest BCUT2D eigenvalue weighted by Gasteiger charge is 2.38. The molecule has 0 aromatic carbocycles. The zero-order valence-corrected chi connectivity index (χ0v) is 9.78. The van der Waals surface area contributed by atoms with Gasteiger partial charge in [-0.05, 0) is 20.3 Å². The van der Waals surface area contributed by atoms with Crippen LogP contribution in [-0.4, -0.2) is 42.1 Å². The second-order valence-corrected chi connectivity index (χ2v) is 5.09. The van der Waals surface area contributed by atoms with Crippen LogP contribution in [0.25, 0.3) is 0 Å². The molecular weight excluding hydrogens is 208 g/mol. The number of ether oxygens (including phenoxy) is 1. The molecule has 2 rings (SSSR count). The highest BCUT2D eigenvalue weighted by molar-refractivity contribution is 5.87. The maximum atomic E-state index is 12.0. The van der Waals surface area contributed by atoms with Crippen LogP contribution in [0.15, 0.2) is 0 Å². The largest absolute Gasteiger partial charge is 0.359 e. The van der Waals surface area contributed by atoms with E-state index in [2.05, 4.69) is 5.32 Å². The quantitative estimate of drug-likeness (QED) is 0.727. The molecule has 0 aromatic rings. The van der Waals surface area contributed by atoms with Crippen molar-refractivity contribution in [3.05, 3.63) is 0 Å². The molecule has 1 atom stereocenters. The van der Waals surface area contributed by atoms with E-state index in [0.717, 1.165) is 6.42 Å². The summed E-state index contributed by atoms with van der Waals surface area (Å²) < 4.78 is 5.29. The Morgan fingerprint density at radius 2 is 2.38 bits per heavy atom. The first-order valence-electron chi connectivity index (χ1n) is 5.66. The number of carbonyl (C=O) groups is 2. The summed E-state index contributed by atoms with van der Waals surface area (Å²) in [7, 11) is 0. The molecule has 2 fully saturated rings. The lowest BCUT2D eigenvalue weighted by atomic mass is 10.0. The Bertz CT molecular complexity index is 314. The SMILES string of the molecule is CC1(C)COCN1C(=O)CC1CCNC1=O. The van der Waals surface area contributed by atoms with Gasteiger partial charge in [0.25, 0.3) is 0 Å². The van der Waals surface area contributed by atoms with E-state index < -0.39 is 0 Å². The summed E-state index contributed by atoms with van der Waals surface area (Å²) in [4.78, 5) is 25.1. The van der Waals surface area contributed by atoms with Crippen molar-refractivity contribution in [2.75, 3.05) is 19.9 Å². The highest BCUT2D eigenvalue weighted by atomic mass is 16.5. The van der Waals surface area contributed by atoms with Gasteiger partial charge in [0.05, 0.1) is 12.1 Å². The number of rotatable bonds is 2. The van der Waals surface area contributed by atoms with Crippen molar-refractivity contribution in [2.45, 2.75) is 32.2 Å². The predicted molar refractivity (Wildman–Crippen MR) is 57.5 cm³/mol. The topological polar surface area (TPSA) is 58.6 Å². The minimum atomic E-state index is -0.244. The smallest absolute Gasteiger partial charge is 0.225 e. The van der Waals surface area contributed by atoms with Gasteiger partial charge in [0.15, 0.2) is 0 Å². The van der Waals surface area contributed by atoms with Crippen molar-refractivity contribution in [2.24, 2.45) is 5.92 Å². The molecule has 1 N–H and O–H groups in total. The van der Waals surface area contributed by atoms with Crippen molar-refractivity contribution in [3.63, 3.8) is 0 Å². The van der Waals surface area contributed by atoms with E-state index >= 15 is 0 Å². The summed E-state index contributed by atoms with van der Waals surface area (Å²) in [6, 6.07) is 0. The number of hydrogen-bond donors (Lipinski definition) is 1. The number of amides is 2. The first kappa shape index (κ1) is 11.4. The Hall–Kier alpha value is -1.10. The first-order valence-corrected chi connectivity index (χ1v) is 5.66. The fraction of sp³-hybridized carbons (Fsp3) is 0.818. The predicted octanol–water partition coefficient (Wildman–Crippen LogP) is 0.107. The molecule has 0 bridgehead atoms. The molecule has 0 spiro atoms. The van der Waals surface area contributed by atoms with Gasteiger partial charge in [-0.1, -0.05) is 0 Å². The molecule has 2 heterocycles. The summed E-state index contributed by atoms with van der Waals surface area (Å²) >= 11 is 0. The summed E-state index contributed by atoms with van der Waals surface area (Å²) in [5.41, 5.74) is -0.244. The van der Waals surface area contributed by atoms with Crippen molar-refractivity contribution in [1.29, 1.82) is 0 Å². The molecule has 0 aliphatic carbocycles. The van der Waals surface area contributed by atoms with E-state index in [4.69, 9.17) is 4.74 Å². The molecule has 2 amide bonds. The molecule has 0 radical (unpaired) electrons. The number of nitrogens with zero attached hydrogens (tertiary/aromatic N) is 1. The maximum Gasteiger partial charge on any atom is 0.225 e. The van der Waals surface area contributed by atoms with Gasteiger partial charge in [0.2, 0.25) is 11.8 Å². The Labute approximate surface area is 95.1 Å². The Morgan fingerprint density at radius 3 is 2.88 bits per heavy atom. The van der Waals surface area contributed by atoms with E-state index in [0.29, 0.717) is 26.3 Å². The summed E-state index contributed by atoms with van der Waals surface area (Å²) in [5, 5.41) is 2.75. The second-order valence-electron chi connectivity index (χ2n) is 5.09. The normalized spacial score (nSPS) is 28.2. The third-order valence-corrected chi connectivity index (χ3v) is 3.29. The summed E-state index contributed by atoms with van der Waals surface area (Å²) in [6.45, 7) is 5.56. The Balaban J connectivity index is 1.95. The Kier molecular flexibility index (Phi) is 2.88. The van der Waals surface area contributed by atoms with Gasteiger partial charge in [0.1, 0.15) is 6.73 Å². The lowest BCUT2D eigenvalue weighted by Crippen LogP contribution is -2.45. The molecule has 16 heavy (non-hydrogen) atoms. The molecule has 5 nitrogen and oxygen atoms in total. The van der Waals surface area contributed by atoms with Crippen LogP contribution in [-0.2, 0) is 14.3 Å². The van der Waals surface area contributed by atoms with Gasteiger partial charge < -0.3 is 15.0 Å². The van der Waals surface area contributed by atoms with Gasteiger partial charge >= 0.3 is 0 Å². The molecular formula is C11H18N2O3. The molecule has 5 heteroatoms. The maximum absolute atomic E-state index is 12.0. The zero-order chi connectivity index (χ0) is 11.8. The number of nitrogens with one attached hydrogen (secondary N) is 1. The molecule has 90 valence electrons. The molecule has 2 saturated heterocycles. The third kappa shape index (κ3) is 2.04. The Morgan fingerprint density at radius 1 is 1.62 bits per heavy atom. The van der Waals surface area contributed by atoms with Crippen molar-refractivity contribution in [1.82, 2.24) is 10.2 Å². The first-order chi connectivity index (χ1) is 7.50. The lowest BCUT2D eigenvalue weighted by Gasteiger charge is -2.29. The van der Waals surface area contributed by atoms with Gasteiger partial charge in [-0.2, -0.15) is 0 Å². The molecule has 1 unspecified atom stereocenters. The minimum Gasteiger partial charge on any atom is -0.359 e. The van der Waals surface area contributed by atoms with Crippen LogP contribution in [0, 0.1) is 5.92 Å². The third-order valence-electron chi connectivity index (χ3n) is 3.29. The van der Waals surface area contributed by atoms with E-state index in [9.17, 15) is 9.59 Å². The average Bonchev–Trinajstić information content (AvgIpc) is 2.73. The standard InChI is InChI=1S/C11H18N2O3/c1-11(2)6-16-7-13(11)9(14)5-8-3-4-12-10(8)15/h8H,3-7H2,1-2H3,(H,12,15). The lowest BCUT2D eigenvalue weighted by molar-refractivity contribution is -0.138. The molecule has 0 aromatic heterocycles. The number of carbonyl (C=O) groups excluding carboxylic acids is 2. The van der Waals surface area contributed by atoms with Crippen LogP contribution in [0.1, 0.15) is 26.7 Å². The fourth-order valence-corrected chi connectivity index (χ4v) is 2.21. The monoisotopic (exact) mass is 226 g/mol. The van der Waals surface area contributed by atoms with E-state index in [1.54, 1.807) is 4.90 Å². The van der Waals surface area contributed by atoms with Crippen LogP contribution < -0.4 is 5.32 Å². The van der Waals surface area contributed by atoms with Crippen molar-refractivity contribution >= 4 is 11.8 Å². The highest BCUT2D eigenvalue weighted by Crippen LogP contribution is 2.24. The van der Waals surface area contributed by atoms with E-state index in [1.165, 1.54) is 0 Å². The molecule has 0 saturated carbocycles. The van der Waals surface area contributed by atoms with Crippen molar-refractivity contribution < 1.29 is 14.3 Å². The van der Waals surface area contributed by atoms with Crippen LogP contribution in [0.5, 0.6) is 0 Å². The van der Waals surface area contributed by atoms with Crippen LogP contribution >= 0.6 is 0 Å². The van der Waals surface area contributed by atoms with Gasteiger partial charge in [-0.3, -0.25) is 9.59 Å². The van der Waals surface area contributed by atoms with Gasteiger partial charge in [-0.15, -0.1) is 0 Å². The van der Waals surface area contributed by atoms with E-state index in [1.807, 2.05) is 13.8 Å². The second kappa shape index (κ2) is 4.05. The summed E-state index contributed by atoms with van der Waals surface area (Å²) in [5.74, 6) is -0.125. The number of hydrogen-bond acceptors (Lipinski definition) is 3. The van der Waals surface area contributed by atoms with Crippen LogP contribution in [0.4, 0.5) is 0 Å². The average molecular weight is 226 g/mol. The van der Waals surface area contributed by atoms with Gasteiger partial charge in [-0.25, -0.2) is 0 Å². The molecule has 2 aliphatic rings.